The maximum atomic E-state index is 11.3. The minimum Gasteiger partial charge on any atom is -0.295 e. The summed E-state index contributed by atoms with van der Waals surface area (Å²) in [4.78, 5) is 11.3. The van der Waals surface area contributed by atoms with E-state index in [0.29, 0.717) is 6.42 Å². The van der Waals surface area contributed by atoms with Crippen LogP contribution < -0.4 is 0 Å². The topological polar surface area (TPSA) is 17.1 Å². The highest BCUT2D eigenvalue weighted by molar-refractivity contribution is 14.1. The summed E-state index contributed by atoms with van der Waals surface area (Å²) in [6.45, 7) is 0. The molecule has 0 N–H and O–H groups in total. The van der Waals surface area contributed by atoms with Gasteiger partial charge >= 0.3 is 0 Å². The zero-order chi connectivity index (χ0) is 9.97. The second-order valence-electron chi connectivity index (χ2n) is 3.50. The van der Waals surface area contributed by atoms with Gasteiger partial charge in [0.1, 0.15) is 0 Å². The lowest BCUT2D eigenvalue weighted by Crippen LogP contribution is -2.01. The van der Waals surface area contributed by atoms with Gasteiger partial charge in [0.25, 0.3) is 0 Å². The molecule has 0 bridgehead atoms. The fourth-order valence-electron chi connectivity index (χ4n) is 1.71. The van der Waals surface area contributed by atoms with Gasteiger partial charge in [0.15, 0.2) is 5.78 Å². The Morgan fingerprint density at radius 3 is 2.79 bits per heavy atom. The normalized spacial score (nSPS) is 16.6. The number of halogens is 1. The number of hydrogen-bond donors (Lipinski definition) is 0. The lowest BCUT2D eigenvalue weighted by Gasteiger charge is -2.12. The molecule has 72 valence electrons. The quantitative estimate of drug-likeness (QED) is 0.726. The van der Waals surface area contributed by atoms with Crippen LogP contribution in [0.1, 0.15) is 24.8 Å². The van der Waals surface area contributed by atoms with E-state index in [-0.39, 0.29) is 5.78 Å². The molecule has 0 aromatic heterocycles. The van der Waals surface area contributed by atoms with Crippen molar-refractivity contribution in [2.24, 2.45) is 0 Å². The van der Waals surface area contributed by atoms with Crippen LogP contribution in [0.4, 0.5) is 0 Å². The molecule has 1 aliphatic carbocycles. The van der Waals surface area contributed by atoms with Crippen LogP contribution >= 0.6 is 22.6 Å². The average Bonchev–Trinajstić information content (AvgIpc) is 2.18. The molecule has 1 aromatic rings. The molecule has 0 amide bonds. The number of benzene rings is 1. The lowest BCUT2D eigenvalue weighted by molar-refractivity contribution is -0.114. The molecule has 0 saturated carbocycles. The molecule has 0 saturated heterocycles. The molecule has 0 aliphatic heterocycles. The molecule has 1 aliphatic rings. The average molecular weight is 298 g/mol. The van der Waals surface area contributed by atoms with Gasteiger partial charge in [0.2, 0.25) is 0 Å². The summed E-state index contributed by atoms with van der Waals surface area (Å²) in [6.07, 6.45) is 4.55. The summed E-state index contributed by atoms with van der Waals surface area (Å²) in [5.74, 6) is 0.269. The Balaban J connectivity index is 2.35. The van der Waals surface area contributed by atoms with E-state index in [0.717, 1.165) is 12.8 Å². The first-order valence-electron chi connectivity index (χ1n) is 4.75. The van der Waals surface area contributed by atoms with Crippen LogP contribution in [0.15, 0.2) is 30.3 Å². The van der Waals surface area contributed by atoms with Gasteiger partial charge in [-0.2, -0.15) is 0 Å². The number of carbonyl (C=O) groups is 1. The summed E-state index contributed by atoms with van der Waals surface area (Å²) < 4.78 is 1.22. The minimum absolute atomic E-state index is 0.269. The summed E-state index contributed by atoms with van der Waals surface area (Å²) in [7, 11) is 0. The van der Waals surface area contributed by atoms with E-state index in [9.17, 15) is 4.79 Å². The van der Waals surface area contributed by atoms with Crippen molar-refractivity contribution in [3.05, 3.63) is 39.5 Å². The molecule has 1 nitrogen and oxygen atoms in total. The smallest absolute Gasteiger partial charge is 0.155 e. The lowest BCUT2D eigenvalue weighted by atomic mass is 9.93. The minimum atomic E-state index is 0.269. The number of rotatable bonds is 1. The van der Waals surface area contributed by atoms with Gasteiger partial charge in [-0.1, -0.05) is 12.1 Å². The second kappa shape index (κ2) is 4.26. The number of hydrogen-bond acceptors (Lipinski definition) is 1. The van der Waals surface area contributed by atoms with Crippen LogP contribution in [0.2, 0.25) is 0 Å². The zero-order valence-corrected chi connectivity index (χ0v) is 9.95. The predicted octanol–water partition coefficient (Wildman–Crippen LogP) is 3.43. The van der Waals surface area contributed by atoms with Gasteiger partial charge in [0.05, 0.1) is 0 Å². The van der Waals surface area contributed by atoms with Crippen molar-refractivity contribution in [1.82, 2.24) is 0 Å². The molecule has 0 fully saturated rings. The monoisotopic (exact) mass is 298 g/mol. The first kappa shape index (κ1) is 9.90. The van der Waals surface area contributed by atoms with Crippen LogP contribution in [0.25, 0.3) is 5.57 Å². The van der Waals surface area contributed by atoms with Gasteiger partial charge < -0.3 is 0 Å². The molecule has 2 rings (SSSR count). The first-order chi connectivity index (χ1) is 6.75. The van der Waals surface area contributed by atoms with Crippen molar-refractivity contribution < 1.29 is 4.79 Å². The standard InChI is InChI=1S/C12H11IO/c13-11-5-1-3-9(7-11)10-4-2-6-12(14)8-10/h1,3,5,7-8H,2,4,6H2. The zero-order valence-electron chi connectivity index (χ0n) is 7.79. The van der Waals surface area contributed by atoms with Gasteiger partial charge in [0, 0.05) is 9.99 Å². The third kappa shape index (κ3) is 2.23. The van der Waals surface area contributed by atoms with Crippen molar-refractivity contribution in [1.29, 1.82) is 0 Å². The van der Waals surface area contributed by atoms with Crippen molar-refractivity contribution in [2.45, 2.75) is 19.3 Å². The number of carbonyl (C=O) groups excluding carboxylic acids is 1. The Hall–Kier alpha value is -0.640. The summed E-state index contributed by atoms with van der Waals surface area (Å²) in [5, 5.41) is 0. The molecule has 1 aromatic carbocycles. The highest BCUT2D eigenvalue weighted by Gasteiger charge is 2.11. The van der Waals surface area contributed by atoms with E-state index in [1.165, 1.54) is 14.7 Å². The van der Waals surface area contributed by atoms with E-state index in [4.69, 9.17) is 0 Å². The molecule has 0 radical (unpaired) electrons. The largest absolute Gasteiger partial charge is 0.295 e. The Kier molecular flexibility index (Phi) is 3.01. The van der Waals surface area contributed by atoms with Crippen molar-refractivity contribution >= 4 is 33.9 Å². The van der Waals surface area contributed by atoms with Crippen LogP contribution in [0, 0.1) is 3.57 Å². The molecule has 14 heavy (non-hydrogen) atoms. The summed E-state index contributed by atoms with van der Waals surface area (Å²) >= 11 is 2.29. The Morgan fingerprint density at radius 2 is 2.07 bits per heavy atom. The van der Waals surface area contributed by atoms with E-state index < -0.39 is 0 Å². The van der Waals surface area contributed by atoms with Gasteiger partial charge in [-0.3, -0.25) is 4.79 Å². The van der Waals surface area contributed by atoms with E-state index in [1.54, 1.807) is 6.08 Å². The predicted molar refractivity (Wildman–Crippen MR) is 66.0 cm³/mol. The highest BCUT2D eigenvalue weighted by Crippen LogP contribution is 2.25. The van der Waals surface area contributed by atoms with Crippen molar-refractivity contribution in [2.75, 3.05) is 0 Å². The Morgan fingerprint density at radius 1 is 1.21 bits per heavy atom. The summed E-state index contributed by atoms with van der Waals surface area (Å²) in [6, 6.07) is 8.31. The molecule has 0 unspecified atom stereocenters. The number of ketones is 1. The SMILES string of the molecule is O=C1C=C(c2cccc(I)c2)CCC1. The Labute approximate surface area is 97.3 Å². The first-order valence-corrected chi connectivity index (χ1v) is 5.83. The fraction of sp³-hybridized carbons (Fsp3) is 0.250. The second-order valence-corrected chi connectivity index (χ2v) is 4.75. The summed E-state index contributed by atoms with van der Waals surface area (Å²) in [5.41, 5.74) is 2.39. The van der Waals surface area contributed by atoms with Crippen LogP contribution in [-0.4, -0.2) is 5.78 Å². The van der Waals surface area contributed by atoms with Crippen LogP contribution in [0.3, 0.4) is 0 Å². The van der Waals surface area contributed by atoms with Crippen LogP contribution in [0.5, 0.6) is 0 Å². The van der Waals surface area contributed by atoms with Crippen molar-refractivity contribution in [3.8, 4) is 0 Å². The van der Waals surface area contributed by atoms with Crippen molar-refractivity contribution in [3.63, 3.8) is 0 Å². The van der Waals surface area contributed by atoms with E-state index >= 15 is 0 Å². The molecular weight excluding hydrogens is 287 g/mol. The molecule has 0 heterocycles. The molecule has 0 atom stereocenters. The third-order valence-corrected chi connectivity index (χ3v) is 3.07. The van der Waals surface area contributed by atoms with Crippen LogP contribution in [-0.2, 0) is 4.79 Å². The number of allylic oxidation sites excluding steroid dienone is 2. The van der Waals surface area contributed by atoms with E-state index in [2.05, 4.69) is 40.8 Å². The fourth-order valence-corrected chi connectivity index (χ4v) is 2.25. The molecule has 0 spiro atoms. The van der Waals surface area contributed by atoms with E-state index in [1.807, 2.05) is 6.07 Å². The maximum Gasteiger partial charge on any atom is 0.155 e. The maximum absolute atomic E-state index is 11.3. The van der Waals surface area contributed by atoms with Gasteiger partial charge in [-0.05, 0) is 64.8 Å². The third-order valence-electron chi connectivity index (χ3n) is 2.40. The molecule has 2 heteroatoms. The highest BCUT2D eigenvalue weighted by atomic mass is 127. The molecular formula is C12H11IO. The van der Waals surface area contributed by atoms with Gasteiger partial charge in [-0.15, -0.1) is 0 Å². The Bertz CT molecular complexity index is 393. The van der Waals surface area contributed by atoms with Gasteiger partial charge in [-0.25, -0.2) is 0 Å².